The quantitative estimate of drug-likeness (QED) is 0.635. The van der Waals surface area contributed by atoms with Gasteiger partial charge in [-0.2, -0.15) is 0 Å². The van der Waals surface area contributed by atoms with Crippen molar-refractivity contribution >= 4 is 15.9 Å². The molecule has 3 rings (SSSR count). The van der Waals surface area contributed by atoms with Gasteiger partial charge >= 0.3 is 0 Å². The molecule has 0 unspecified atom stereocenters. The Morgan fingerprint density at radius 2 is 1.58 bits per heavy atom. The minimum atomic E-state index is -3.67. The van der Waals surface area contributed by atoms with Crippen molar-refractivity contribution in [3.63, 3.8) is 0 Å². The van der Waals surface area contributed by atoms with Crippen molar-refractivity contribution in [1.29, 1.82) is 0 Å². The van der Waals surface area contributed by atoms with E-state index in [2.05, 4.69) is 10.0 Å². The molecule has 0 spiro atoms. The highest BCUT2D eigenvalue weighted by Gasteiger charge is 2.19. The average molecular weight is 445 g/mol. The topological polar surface area (TPSA) is 84.5 Å². The fraction of sp³-hybridized carbons (Fsp3) is 0.458. The molecule has 0 saturated heterocycles. The third kappa shape index (κ3) is 7.36. The lowest BCUT2D eigenvalue weighted by atomic mass is 9.97. The Labute approximate surface area is 185 Å². The van der Waals surface area contributed by atoms with Crippen molar-refractivity contribution in [3.8, 4) is 5.75 Å². The van der Waals surface area contributed by atoms with Crippen LogP contribution in [0.15, 0.2) is 59.5 Å². The molecule has 1 saturated carbocycles. The Balaban J connectivity index is 1.50. The van der Waals surface area contributed by atoms with Crippen molar-refractivity contribution in [2.75, 3.05) is 6.61 Å². The number of hydrogen-bond acceptors (Lipinski definition) is 4. The Bertz CT molecular complexity index is 922. The Hall–Kier alpha value is -2.38. The van der Waals surface area contributed by atoms with Gasteiger partial charge in [-0.05, 0) is 49.6 Å². The minimum absolute atomic E-state index is 0.0775. The van der Waals surface area contributed by atoms with E-state index in [1.165, 1.54) is 31.4 Å². The van der Waals surface area contributed by atoms with Gasteiger partial charge in [0.2, 0.25) is 10.0 Å². The molecule has 1 fully saturated rings. The lowest BCUT2D eigenvalue weighted by Crippen LogP contribution is -2.38. The van der Waals surface area contributed by atoms with Crippen molar-refractivity contribution in [1.82, 2.24) is 10.0 Å². The van der Waals surface area contributed by atoms with Crippen molar-refractivity contribution in [3.05, 3.63) is 60.2 Å². The van der Waals surface area contributed by atoms with E-state index in [9.17, 15) is 13.2 Å². The summed E-state index contributed by atoms with van der Waals surface area (Å²) in [6.07, 6.45) is 8.10. The number of hydrogen-bond donors (Lipinski definition) is 2. The molecule has 2 aromatic carbocycles. The van der Waals surface area contributed by atoms with Gasteiger partial charge in [0.05, 0.1) is 4.90 Å². The number of benzene rings is 2. The van der Waals surface area contributed by atoms with Crippen molar-refractivity contribution in [2.45, 2.75) is 68.8 Å². The molecular weight excluding hydrogens is 412 g/mol. The summed E-state index contributed by atoms with van der Waals surface area (Å²) in [6.45, 7) is 1.73. The maximum absolute atomic E-state index is 12.7. The third-order valence-electron chi connectivity index (χ3n) is 5.61. The normalized spacial score (nSPS) is 16.7. The highest BCUT2D eigenvalue weighted by molar-refractivity contribution is 7.89. The maximum Gasteiger partial charge on any atom is 0.258 e. The van der Waals surface area contributed by atoms with Crippen LogP contribution in [0.4, 0.5) is 0 Å². The zero-order valence-electron chi connectivity index (χ0n) is 18.0. The van der Waals surface area contributed by atoms with Gasteiger partial charge < -0.3 is 10.1 Å². The van der Waals surface area contributed by atoms with Crippen LogP contribution in [0.25, 0.3) is 0 Å². The Kier molecular flexibility index (Phi) is 8.49. The van der Waals surface area contributed by atoms with Crippen LogP contribution in [0.5, 0.6) is 5.75 Å². The van der Waals surface area contributed by atoms with Crippen LogP contribution in [0.3, 0.4) is 0 Å². The van der Waals surface area contributed by atoms with Crippen LogP contribution >= 0.6 is 0 Å². The molecule has 0 radical (unpaired) electrons. The summed E-state index contributed by atoms with van der Waals surface area (Å²) in [5.41, 5.74) is 0.890. The van der Waals surface area contributed by atoms with E-state index in [4.69, 9.17) is 4.74 Å². The lowest BCUT2D eigenvalue weighted by Gasteiger charge is -2.21. The highest BCUT2D eigenvalue weighted by Crippen LogP contribution is 2.20. The van der Waals surface area contributed by atoms with E-state index in [0.29, 0.717) is 5.75 Å². The molecule has 168 valence electrons. The summed E-state index contributed by atoms with van der Waals surface area (Å²) in [4.78, 5) is 12.4. The monoisotopic (exact) mass is 444 g/mol. The minimum Gasteiger partial charge on any atom is -0.484 e. The van der Waals surface area contributed by atoms with Crippen molar-refractivity contribution < 1.29 is 17.9 Å². The van der Waals surface area contributed by atoms with Gasteiger partial charge in [0.15, 0.2) is 6.61 Å². The molecule has 0 heterocycles. The summed E-state index contributed by atoms with van der Waals surface area (Å²) < 4.78 is 33.5. The molecule has 7 heteroatoms. The predicted molar refractivity (Wildman–Crippen MR) is 121 cm³/mol. The second-order valence-corrected chi connectivity index (χ2v) is 9.84. The number of sulfonamides is 1. The van der Waals surface area contributed by atoms with E-state index in [-0.39, 0.29) is 29.5 Å². The van der Waals surface area contributed by atoms with Crippen LogP contribution in [0.1, 0.15) is 63.5 Å². The molecular formula is C24H32N2O4S. The zero-order valence-corrected chi connectivity index (χ0v) is 18.9. The largest absolute Gasteiger partial charge is 0.484 e. The first-order valence-electron chi connectivity index (χ1n) is 11.0. The van der Waals surface area contributed by atoms with E-state index in [1.54, 1.807) is 19.1 Å². The molecule has 1 aliphatic rings. The fourth-order valence-corrected chi connectivity index (χ4v) is 5.08. The summed E-state index contributed by atoms with van der Waals surface area (Å²) in [7, 11) is -3.67. The van der Waals surface area contributed by atoms with Gasteiger partial charge in [-0.15, -0.1) is 0 Å². The third-order valence-corrected chi connectivity index (χ3v) is 7.16. The van der Waals surface area contributed by atoms with Crippen LogP contribution in [-0.4, -0.2) is 27.0 Å². The van der Waals surface area contributed by atoms with Crippen LogP contribution in [0, 0.1) is 0 Å². The number of ether oxygens (including phenoxy) is 1. The maximum atomic E-state index is 12.7. The molecule has 31 heavy (non-hydrogen) atoms. The molecule has 1 atom stereocenters. The molecule has 1 aliphatic carbocycles. The summed E-state index contributed by atoms with van der Waals surface area (Å²) >= 11 is 0. The van der Waals surface area contributed by atoms with E-state index < -0.39 is 10.0 Å². The van der Waals surface area contributed by atoms with Crippen LogP contribution in [0.2, 0.25) is 0 Å². The number of amides is 1. The standard InChI is InChI=1S/C24H32N2O4S/c1-19(20-10-6-5-7-11-20)26-31(28,29)23-16-14-22(15-17-23)30-18-24(27)25-21-12-8-3-2-4-9-13-21/h5-7,10-11,14-17,19,21,26H,2-4,8-9,12-13,18H2,1H3,(H,25,27)/t19-/m0/s1. The Morgan fingerprint density at radius 1 is 0.968 bits per heavy atom. The molecule has 6 nitrogen and oxygen atoms in total. The molecule has 2 N–H and O–H groups in total. The first-order valence-corrected chi connectivity index (χ1v) is 12.5. The summed E-state index contributed by atoms with van der Waals surface area (Å²) in [5, 5.41) is 3.06. The molecule has 0 bridgehead atoms. The number of carbonyl (C=O) groups is 1. The van der Waals surface area contributed by atoms with Gasteiger partial charge in [0.1, 0.15) is 5.75 Å². The van der Waals surface area contributed by atoms with E-state index in [1.807, 2.05) is 30.3 Å². The smallest absolute Gasteiger partial charge is 0.258 e. The van der Waals surface area contributed by atoms with E-state index in [0.717, 1.165) is 31.2 Å². The van der Waals surface area contributed by atoms with Crippen LogP contribution in [-0.2, 0) is 14.8 Å². The first kappa shape index (κ1) is 23.3. The molecule has 2 aromatic rings. The second kappa shape index (κ2) is 11.3. The summed E-state index contributed by atoms with van der Waals surface area (Å²) in [6, 6.07) is 15.4. The van der Waals surface area contributed by atoms with E-state index >= 15 is 0 Å². The van der Waals surface area contributed by atoms with Crippen molar-refractivity contribution in [2.24, 2.45) is 0 Å². The van der Waals surface area contributed by atoms with Gasteiger partial charge in [-0.25, -0.2) is 13.1 Å². The Morgan fingerprint density at radius 3 is 2.23 bits per heavy atom. The van der Waals surface area contributed by atoms with Gasteiger partial charge in [0, 0.05) is 12.1 Å². The number of nitrogens with one attached hydrogen (secondary N) is 2. The predicted octanol–water partition coefficient (Wildman–Crippen LogP) is 4.33. The fourth-order valence-electron chi connectivity index (χ4n) is 3.84. The highest BCUT2D eigenvalue weighted by atomic mass is 32.2. The van der Waals surface area contributed by atoms with Gasteiger partial charge in [-0.1, -0.05) is 62.4 Å². The molecule has 1 amide bonds. The SMILES string of the molecule is C[C@H](NS(=O)(=O)c1ccc(OCC(=O)NC2CCCCCCC2)cc1)c1ccccc1. The first-order chi connectivity index (χ1) is 14.9. The lowest BCUT2D eigenvalue weighted by molar-refractivity contribution is -0.123. The zero-order chi connectivity index (χ0) is 22.1. The van der Waals surface area contributed by atoms with Gasteiger partial charge in [-0.3, -0.25) is 4.79 Å². The number of rotatable bonds is 8. The molecule has 0 aromatic heterocycles. The number of carbonyl (C=O) groups excluding carboxylic acids is 1. The summed E-state index contributed by atoms with van der Waals surface area (Å²) in [5.74, 6) is 0.323. The average Bonchev–Trinajstić information content (AvgIpc) is 2.75. The van der Waals surface area contributed by atoms with Crippen LogP contribution < -0.4 is 14.8 Å². The second-order valence-electron chi connectivity index (χ2n) is 8.12. The van der Waals surface area contributed by atoms with Gasteiger partial charge in [0.25, 0.3) is 5.91 Å². The molecule has 0 aliphatic heterocycles.